The molecule has 1 rings (SSSR count). The third kappa shape index (κ3) is 6.77. The van der Waals surface area contributed by atoms with Crippen molar-refractivity contribution in [2.45, 2.75) is 39.7 Å². The molecule has 0 amide bonds. The summed E-state index contributed by atoms with van der Waals surface area (Å²) in [6.45, 7) is 9.20. The van der Waals surface area contributed by atoms with E-state index in [1.165, 1.54) is 5.56 Å². The van der Waals surface area contributed by atoms with Crippen LogP contribution in [0.5, 0.6) is 0 Å². The van der Waals surface area contributed by atoms with E-state index in [2.05, 4.69) is 56.4 Å². The molecule has 0 saturated heterocycles. The van der Waals surface area contributed by atoms with Gasteiger partial charge in [-0.1, -0.05) is 44.2 Å². The van der Waals surface area contributed by atoms with Crippen molar-refractivity contribution in [3.05, 3.63) is 35.9 Å². The lowest BCUT2D eigenvalue weighted by atomic mass is 9.96. The molecule has 1 unspecified atom stereocenters. The summed E-state index contributed by atoms with van der Waals surface area (Å²) in [6.07, 6.45) is 2.26. The standard InChI is InChI=1S/C16H27NO/c1-4-18-11-10-16(13-17-14(2)3)12-15-8-6-5-7-9-15/h5-9,14,16-17H,4,10-13H2,1-3H3. The van der Waals surface area contributed by atoms with E-state index >= 15 is 0 Å². The molecule has 1 N–H and O–H groups in total. The number of hydrogen-bond acceptors (Lipinski definition) is 2. The average molecular weight is 249 g/mol. The zero-order chi connectivity index (χ0) is 13.2. The Morgan fingerprint density at radius 3 is 2.50 bits per heavy atom. The van der Waals surface area contributed by atoms with Gasteiger partial charge in [0.1, 0.15) is 0 Å². The van der Waals surface area contributed by atoms with E-state index in [0.29, 0.717) is 12.0 Å². The van der Waals surface area contributed by atoms with Crippen molar-refractivity contribution >= 4 is 0 Å². The molecule has 102 valence electrons. The second kappa shape index (κ2) is 9.12. The van der Waals surface area contributed by atoms with Crippen molar-refractivity contribution in [2.75, 3.05) is 19.8 Å². The van der Waals surface area contributed by atoms with Crippen molar-refractivity contribution in [2.24, 2.45) is 5.92 Å². The topological polar surface area (TPSA) is 21.3 Å². The highest BCUT2D eigenvalue weighted by Gasteiger charge is 2.10. The summed E-state index contributed by atoms with van der Waals surface area (Å²) in [7, 11) is 0. The van der Waals surface area contributed by atoms with Gasteiger partial charge in [-0.05, 0) is 37.8 Å². The van der Waals surface area contributed by atoms with Crippen LogP contribution >= 0.6 is 0 Å². The fraction of sp³-hybridized carbons (Fsp3) is 0.625. The van der Waals surface area contributed by atoms with Gasteiger partial charge in [-0.25, -0.2) is 0 Å². The lowest BCUT2D eigenvalue weighted by molar-refractivity contribution is 0.131. The van der Waals surface area contributed by atoms with Crippen LogP contribution < -0.4 is 5.32 Å². The molecular formula is C16H27NO. The zero-order valence-electron chi connectivity index (χ0n) is 12.0. The minimum Gasteiger partial charge on any atom is -0.382 e. The maximum Gasteiger partial charge on any atom is 0.0469 e. The number of ether oxygens (including phenoxy) is 1. The summed E-state index contributed by atoms with van der Waals surface area (Å²) in [5, 5.41) is 3.54. The third-order valence-electron chi connectivity index (χ3n) is 3.06. The Hall–Kier alpha value is -0.860. The predicted molar refractivity (Wildman–Crippen MR) is 77.9 cm³/mol. The number of benzene rings is 1. The van der Waals surface area contributed by atoms with Crippen LogP contribution in [0.25, 0.3) is 0 Å². The van der Waals surface area contributed by atoms with Crippen molar-refractivity contribution in [3.63, 3.8) is 0 Å². The summed E-state index contributed by atoms with van der Waals surface area (Å²) < 4.78 is 5.48. The molecule has 18 heavy (non-hydrogen) atoms. The molecule has 0 radical (unpaired) electrons. The van der Waals surface area contributed by atoms with E-state index in [-0.39, 0.29) is 0 Å². The maximum atomic E-state index is 5.48. The first-order valence-corrected chi connectivity index (χ1v) is 7.07. The highest BCUT2D eigenvalue weighted by Crippen LogP contribution is 2.12. The molecule has 2 heteroatoms. The first-order valence-electron chi connectivity index (χ1n) is 7.07. The lowest BCUT2D eigenvalue weighted by Gasteiger charge is -2.19. The Bertz CT molecular complexity index is 297. The van der Waals surface area contributed by atoms with Crippen LogP contribution in [-0.2, 0) is 11.2 Å². The highest BCUT2D eigenvalue weighted by atomic mass is 16.5. The van der Waals surface area contributed by atoms with Crippen LogP contribution in [-0.4, -0.2) is 25.8 Å². The molecule has 0 aromatic heterocycles. The highest BCUT2D eigenvalue weighted by molar-refractivity contribution is 5.15. The number of hydrogen-bond donors (Lipinski definition) is 1. The molecule has 0 saturated carbocycles. The molecule has 1 atom stereocenters. The fourth-order valence-electron chi connectivity index (χ4n) is 2.02. The van der Waals surface area contributed by atoms with Crippen molar-refractivity contribution in [1.82, 2.24) is 5.32 Å². The normalized spacial score (nSPS) is 12.9. The molecule has 0 aliphatic heterocycles. The first kappa shape index (κ1) is 15.2. The Labute approximate surface area is 112 Å². The Morgan fingerprint density at radius 2 is 1.89 bits per heavy atom. The summed E-state index contributed by atoms with van der Waals surface area (Å²) in [6, 6.07) is 11.3. The smallest absolute Gasteiger partial charge is 0.0469 e. The first-order chi connectivity index (χ1) is 8.72. The Balaban J connectivity index is 2.42. The van der Waals surface area contributed by atoms with Gasteiger partial charge in [-0.15, -0.1) is 0 Å². The van der Waals surface area contributed by atoms with Crippen molar-refractivity contribution in [1.29, 1.82) is 0 Å². The van der Waals surface area contributed by atoms with Crippen molar-refractivity contribution in [3.8, 4) is 0 Å². The lowest BCUT2D eigenvalue weighted by Crippen LogP contribution is -2.30. The van der Waals surface area contributed by atoms with Crippen LogP contribution in [0.4, 0.5) is 0 Å². The van der Waals surface area contributed by atoms with E-state index < -0.39 is 0 Å². The maximum absolute atomic E-state index is 5.48. The average Bonchev–Trinajstić information content (AvgIpc) is 2.37. The molecule has 0 spiro atoms. The Kier molecular flexibility index (Phi) is 7.70. The molecule has 1 aromatic rings. The van der Waals surface area contributed by atoms with Gasteiger partial charge in [0, 0.05) is 19.3 Å². The van der Waals surface area contributed by atoms with E-state index in [1.807, 2.05) is 0 Å². The molecule has 0 aliphatic rings. The molecule has 1 aromatic carbocycles. The molecular weight excluding hydrogens is 222 g/mol. The van der Waals surface area contributed by atoms with Crippen LogP contribution in [0, 0.1) is 5.92 Å². The summed E-state index contributed by atoms with van der Waals surface area (Å²) >= 11 is 0. The van der Waals surface area contributed by atoms with Crippen LogP contribution in [0.3, 0.4) is 0 Å². The van der Waals surface area contributed by atoms with Gasteiger partial charge in [-0.2, -0.15) is 0 Å². The largest absolute Gasteiger partial charge is 0.382 e. The van der Waals surface area contributed by atoms with Gasteiger partial charge in [0.25, 0.3) is 0 Å². The summed E-state index contributed by atoms with van der Waals surface area (Å²) in [5.74, 6) is 0.654. The zero-order valence-corrected chi connectivity index (χ0v) is 12.0. The predicted octanol–water partition coefficient (Wildman–Crippen LogP) is 3.27. The second-order valence-electron chi connectivity index (χ2n) is 5.10. The minimum absolute atomic E-state index is 0.551. The molecule has 0 fully saturated rings. The van der Waals surface area contributed by atoms with Crippen LogP contribution in [0.15, 0.2) is 30.3 Å². The fourth-order valence-corrected chi connectivity index (χ4v) is 2.02. The Morgan fingerprint density at radius 1 is 1.17 bits per heavy atom. The van der Waals surface area contributed by atoms with Gasteiger partial charge in [0.2, 0.25) is 0 Å². The van der Waals surface area contributed by atoms with Gasteiger partial charge in [-0.3, -0.25) is 0 Å². The van der Waals surface area contributed by atoms with Gasteiger partial charge in [0.05, 0.1) is 0 Å². The van der Waals surface area contributed by atoms with Gasteiger partial charge < -0.3 is 10.1 Å². The quantitative estimate of drug-likeness (QED) is 0.678. The number of rotatable bonds is 9. The van der Waals surface area contributed by atoms with Crippen molar-refractivity contribution < 1.29 is 4.74 Å². The molecule has 2 nitrogen and oxygen atoms in total. The number of nitrogens with one attached hydrogen (secondary N) is 1. The van der Waals surface area contributed by atoms with Crippen LogP contribution in [0.1, 0.15) is 32.8 Å². The van der Waals surface area contributed by atoms with E-state index in [4.69, 9.17) is 4.74 Å². The second-order valence-corrected chi connectivity index (χ2v) is 5.10. The SMILES string of the molecule is CCOCCC(CNC(C)C)Cc1ccccc1. The molecule has 0 heterocycles. The molecule has 0 aliphatic carbocycles. The molecule has 0 bridgehead atoms. The van der Waals surface area contributed by atoms with Crippen LogP contribution in [0.2, 0.25) is 0 Å². The minimum atomic E-state index is 0.551. The van der Waals surface area contributed by atoms with E-state index in [0.717, 1.165) is 32.6 Å². The summed E-state index contributed by atoms with van der Waals surface area (Å²) in [4.78, 5) is 0. The van der Waals surface area contributed by atoms with Gasteiger partial charge in [0.15, 0.2) is 0 Å². The van der Waals surface area contributed by atoms with Gasteiger partial charge >= 0.3 is 0 Å². The van der Waals surface area contributed by atoms with E-state index in [9.17, 15) is 0 Å². The monoisotopic (exact) mass is 249 g/mol. The third-order valence-corrected chi connectivity index (χ3v) is 3.06. The summed E-state index contributed by atoms with van der Waals surface area (Å²) in [5.41, 5.74) is 1.42. The van der Waals surface area contributed by atoms with E-state index in [1.54, 1.807) is 0 Å².